The van der Waals surface area contributed by atoms with Crippen LogP contribution >= 0.6 is 0 Å². The molecule has 1 aliphatic rings. The molecule has 0 heterocycles. The van der Waals surface area contributed by atoms with Crippen molar-refractivity contribution in [1.82, 2.24) is 10.0 Å². The Hall–Kier alpha value is -1.93. The second-order valence-corrected chi connectivity index (χ2v) is 7.82. The van der Waals surface area contributed by atoms with Crippen LogP contribution in [0.15, 0.2) is 29.2 Å². The molecule has 0 radical (unpaired) electrons. The summed E-state index contributed by atoms with van der Waals surface area (Å²) in [5.41, 5.74) is 0.849. The molecular formula is C16H22N2O5S. The average Bonchev–Trinajstić information content (AvgIpc) is 3.28. The van der Waals surface area contributed by atoms with E-state index in [4.69, 9.17) is 5.11 Å². The molecular weight excluding hydrogens is 332 g/mol. The third kappa shape index (κ3) is 5.93. The zero-order chi connectivity index (χ0) is 17.7. The fourth-order valence-electron chi connectivity index (χ4n) is 2.24. The van der Waals surface area contributed by atoms with Gasteiger partial charge in [0.15, 0.2) is 0 Å². The van der Waals surface area contributed by atoms with Crippen LogP contribution < -0.4 is 10.0 Å². The van der Waals surface area contributed by atoms with Gasteiger partial charge >= 0.3 is 5.97 Å². The molecule has 0 aliphatic heterocycles. The number of carboxylic acids is 1. The number of benzene rings is 1. The summed E-state index contributed by atoms with van der Waals surface area (Å²) in [7, 11) is -3.46. The lowest BCUT2D eigenvalue weighted by atomic mass is 10.1. The van der Waals surface area contributed by atoms with Crippen LogP contribution in [0.4, 0.5) is 0 Å². The van der Waals surface area contributed by atoms with E-state index in [1.807, 2.05) is 0 Å². The van der Waals surface area contributed by atoms with E-state index >= 15 is 0 Å². The number of nitrogens with one attached hydrogen (secondary N) is 2. The molecule has 7 nitrogen and oxygen atoms in total. The number of hydrogen-bond donors (Lipinski definition) is 3. The zero-order valence-electron chi connectivity index (χ0n) is 13.5. The highest BCUT2D eigenvalue weighted by molar-refractivity contribution is 7.89. The van der Waals surface area contributed by atoms with Crippen molar-refractivity contribution >= 4 is 21.9 Å². The molecule has 3 N–H and O–H groups in total. The van der Waals surface area contributed by atoms with Gasteiger partial charge in [-0.2, -0.15) is 0 Å². The lowest BCUT2D eigenvalue weighted by Gasteiger charge is -2.11. The van der Waals surface area contributed by atoms with Crippen molar-refractivity contribution in [1.29, 1.82) is 0 Å². The summed E-state index contributed by atoms with van der Waals surface area (Å²) in [5, 5.41) is 11.3. The van der Waals surface area contributed by atoms with Crippen LogP contribution in [0, 0.1) is 0 Å². The van der Waals surface area contributed by atoms with Crippen LogP contribution in [0.25, 0.3) is 0 Å². The van der Waals surface area contributed by atoms with Gasteiger partial charge in [-0.15, -0.1) is 0 Å². The van der Waals surface area contributed by atoms with Gasteiger partial charge in [-0.1, -0.05) is 12.1 Å². The summed E-state index contributed by atoms with van der Waals surface area (Å²) < 4.78 is 26.7. The van der Waals surface area contributed by atoms with Gasteiger partial charge in [0.2, 0.25) is 15.9 Å². The normalized spacial score (nSPS) is 15.7. The molecule has 0 spiro atoms. The molecule has 0 saturated heterocycles. The molecule has 1 aromatic carbocycles. The Labute approximate surface area is 141 Å². The Balaban J connectivity index is 1.83. The van der Waals surface area contributed by atoms with Gasteiger partial charge in [0.05, 0.1) is 11.3 Å². The monoisotopic (exact) mass is 354 g/mol. The van der Waals surface area contributed by atoms with E-state index in [0.717, 1.165) is 18.4 Å². The molecule has 1 amide bonds. The molecule has 2 rings (SSSR count). The SMILES string of the molecule is CC(CC(=O)O)NC(=O)CCc1ccc(S(=O)(=O)NC2CC2)cc1. The highest BCUT2D eigenvalue weighted by Gasteiger charge is 2.27. The summed E-state index contributed by atoms with van der Waals surface area (Å²) in [6, 6.07) is 6.09. The smallest absolute Gasteiger partial charge is 0.305 e. The van der Waals surface area contributed by atoms with Crippen LogP contribution in [0.5, 0.6) is 0 Å². The third-order valence-corrected chi connectivity index (χ3v) is 5.20. The Morgan fingerprint density at radius 2 is 1.88 bits per heavy atom. The molecule has 1 atom stereocenters. The quantitative estimate of drug-likeness (QED) is 0.613. The Kier molecular flexibility index (Phi) is 5.95. The van der Waals surface area contributed by atoms with Crippen molar-refractivity contribution in [2.75, 3.05) is 0 Å². The van der Waals surface area contributed by atoms with Gasteiger partial charge in [0.1, 0.15) is 0 Å². The first-order chi connectivity index (χ1) is 11.3. The molecule has 1 aliphatic carbocycles. The molecule has 1 saturated carbocycles. The Bertz CT molecular complexity index is 696. The minimum Gasteiger partial charge on any atom is -0.481 e. The second-order valence-electron chi connectivity index (χ2n) is 6.11. The minimum absolute atomic E-state index is 0.0613. The number of rotatable bonds is 9. The van der Waals surface area contributed by atoms with E-state index in [1.165, 1.54) is 12.1 Å². The first-order valence-corrected chi connectivity index (χ1v) is 9.37. The van der Waals surface area contributed by atoms with E-state index in [9.17, 15) is 18.0 Å². The highest BCUT2D eigenvalue weighted by atomic mass is 32.2. The lowest BCUT2D eigenvalue weighted by Crippen LogP contribution is -2.34. The summed E-state index contributed by atoms with van der Waals surface area (Å²) in [4.78, 5) is 22.5. The first kappa shape index (κ1) is 18.4. The van der Waals surface area contributed by atoms with E-state index < -0.39 is 22.0 Å². The van der Waals surface area contributed by atoms with Gasteiger partial charge < -0.3 is 10.4 Å². The molecule has 1 aromatic rings. The maximum absolute atomic E-state index is 12.0. The van der Waals surface area contributed by atoms with Gasteiger partial charge in [-0.25, -0.2) is 13.1 Å². The number of hydrogen-bond acceptors (Lipinski definition) is 4. The maximum atomic E-state index is 12.0. The predicted octanol–water partition coefficient (Wildman–Crippen LogP) is 1.04. The molecule has 0 bridgehead atoms. The summed E-state index contributed by atoms with van der Waals surface area (Å²) in [5.74, 6) is -1.18. The summed E-state index contributed by atoms with van der Waals surface area (Å²) >= 11 is 0. The fraction of sp³-hybridized carbons (Fsp3) is 0.500. The van der Waals surface area contributed by atoms with Crippen LogP contribution in [0.1, 0.15) is 38.2 Å². The third-order valence-electron chi connectivity index (χ3n) is 3.66. The van der Waals surface area contributed by atoms with Crippen LogP contribution in [0.2, 0.25) is 0 Å². The van der Waals surface area contributed by atoms with E-state index in [2.05, 4.69) is 10.0 Å². The van der Waals surface area contributed by atoms with Crippen LogP contribution in [-0.4, -0.2) is 37.5 Å². The molecule has 8 heteroatoms. The zero-order valence-corrected chi connectivity index (χ0v) is 14.3. The second kappa shape index (κ2) is 7.76. The topological polar surface area (TPSA) is 113 Å². The van der Waals surface area contributed by atoms with Crippen molar-refractivity contribution < 1.29 is 23.1 Å². The van der Waals surface area contributed by atoms with E-state index in [0.29, 0.717) is 6.42 Å². The average molecular weight is 354 g/mol. The van der Waals surface area contributed by atoms with Crippen molar-refractivity contribution in [2.45, 2.75) is 56.0 Å². The van der Waals surface area contributed by atoms with E-state index in [-0.39, 0.29) is 29.7 Å². The number of amides is 1. The number of carbonyl (C=O) groups is 2. The van der Waals surface area contributed by atoms with Gasteiger partial charge in [0.25, 0.3) is 0 Å². The standard InChI is InChI=1S/C16H22N2O5S/c1-11(10-16(20)21)17-15(19)9-4-12-2-7-14(8-3-12)24(22,23)18-13-5-6-13/h2-3,7-8,11,13,18H,4-6,9-10H2,1H3,(H,17,19)(H,20,21). The van der Waals surface area contributed by atoms with Crippen molar-refractivity contribution in [3.63, 3.8) is 0 Å². The van der Waals surface area contributed by atoms with Crippen molar-refractivity contribution in [2.24, 2.45) is 0 Å². The molecule has 24 heavy (non-hydrogen) atoms. The number of aliphatic carboxylic acids is 1. The van der Waals surface area contributed by atoms with Crippen LogP contribution in [0.3, 0.4) is 0 Å². The van der Waals surface area contributed by atoms with Gasteiger partial charge in [0, 0.05) is 18.5 Å². The van der Waals surface area contributed by atoms with Crippen LogP contribution in [-0.2, 0) is 26.0 Å². The van der Waals surface area contributed by atoms with E-state index in [1.54, 1.807) is 19.1 Å². The molecule has 1 fully saturated rings. The number of sulfonamides is 1. The first-order valence-electron chi connectivity index (χ1n) is 7.88. The molecule has 1 unspecified atom stereocenters. The highest BCUT2D eigenvalue weighted by Crippen LogP contribution is 2.22. The molecule has 0 aromatic heterocycles. The lowest BCUT2D eigenvalue weighted by molar-refractivity contribution is -0.137. The minimum atomic E-state index is -3.46. The number of carboxylic acid groups (broad SMARTS) is 1. The molecule has 132 valence electrons. The summed E-state index contributed by atoms with van der Waals surface area (Å²) in [6.07, 6.45) is 2.32. The predicted molar refractivity (Wildman–Crippen MR) is 88.0 cm³/mol. The summed E-state index contributed by atoms with van der Waals surface area (Å²) in [6.45, 7) is 1.64. The van der Waals surface area contributed by atoms with Crippen molar-refractivity contribution in [3.8, 4) is 0 Å². The van der Waals surface area contributed by atoms with Crippen molar-refractivity contribution in [3.05, 3.63) is 29.8 Å². The van der Waals surface area contributed by atoms with Gasteiger partial charge in [-0.3, -0.25) is 9.59 Å². The number of carbonyl (C=O) groups excluding carboxylic acids is 1. The number of aryl methyl sites for hydroxylation is 1. The Morgan fingerprint density at radius 1 is 1.25 bits per heavy atom. The Morgan fingerprint density at radius 3 is 2.42 bits per heavy atom. The van der Waals surface area contributed by atoms with Gasteiger partial charge in [-0.05, 0) is 43.9 Å². The largest absolute Gasteiger partial charge is 0.481 e. The fourth-order valence-corrected chi connectivity index (χ4v) is 3.55. The maximum Gasteiger partial charge on any atom is 0.305 e.